The fourth-order valence-corrected chi connectivity index (χ4v) is 0.604. The molecule has 1 aliphatic carbocycles. The maximum atomic E-state index is 5.43. The van der Waals surface area contributed by atoms with E-state index in [9.17, 15) is 0 Å². The minimum absolute atomic E-state index is 0.760. The largest absolute Gasteiger partial charge is 0.497 e. The van der Waals surface area contributed by atoms with Gasteiger partial charge >= 0.3 is 0 Å². The van der Waals surface area contributed by atoms with Crippen molar-refractivity contribution in [2.45, 2.75) is 19.3 Å². The van der Waals surface area contributed by atoms with E-state index in [1.54, 1.807) is 19.2 Å². The lowest BCUT2D eigenvalue weighted by Gasteiger charge is -1.97. The highest BCUT2D eigenvalue weighted by Gasteiger charge is 1.95. The summed E-state index contributed by atoms with van der Waals surface area (Å²) in [7, 11) is 1.63. The number of hydrogen-bond donors (Lipinski definition) is 1. The second kappa shape index (κ2) is 4.65. The van der Waals surface area contributed by atoms with E-state index in [0.29, 0.717) is 0 Å². The number of nitrogen functional groups attached to an aromatic ring is 1. The third kappa shape index (κ3) is 3.86. The van der Waals surface area contributed by atoms with E-state index in [1.807, 2.05) is 12.1 Å². The van der Waals surface area contributed by atoms with Crippen LogP contribution < -0.4 is 10.5 Å². The average molecular weight is 165 g/mol. The standard InChI is InChI=1S/C7H9NO.C3H6/c1-9-7-4-2-6(8)3-5-7;1-2-3-1/h2-5H,8H2,1H3;1-3H2. The Morgan fingerprint density at radius 2 is 1.58 bits per heavy atom. The number of hydrogen-bond acceptors (Lipinski definition) is 2. The summed E-state index contributed by atoms with van der Waals surface area (Å²) in [6.45, 7) is 0. The first kappa shape index (κ1) is 8.91. The number of anilines is 1. The van der Waals surface area contributed by atoms with Gasteiger partial charge in [-0.15, -0.1) is 0 Å². The van der Waals surface area contributed by atoms with Crippen molar-refractivity contribution in [2.75, 3.05) is 12.8 Å². The zero-order valence-electron chi connectivity index (χ0n) is 7.42. The van der Waals surface area contributed by atoms with Gasteiger partial charge in [0.1, 0.15) is 5.75 Å². The molecule has 0 radical (unpaired) electrons. The summed E-state index contributed by atoms with van der Waals surface area (Å²) in [6, 6.07) is 7.27. The van der Waals surface area contributed by atoms with Gasteiger partial charge in [0.25, 0.3) is 0 Å². The molecule has 2 rings (SSSR count). The van der Waals surface area contributed by atoms with Gasteiger partial charge in [-0.25, -0.2) is 0 Å². The van der Waals surface area contributed by atoms with Crippen molar-refractivity contribution in [1.29, 1.82) is 0 Å². The van der Waals surface area contributed by atoms with E-state index in [0.717, 1.165) is 11.4 Å². The topological polar surface area (TPSA) is 35.2 Å². The van der Waals surface area contributed by atoms with Crippen LogP contribution in [-0.2, 0) is 0 Å². The van der Waals surface area contributed by atoms with Crippen LogP contribution in [0.4, 0.5) is 5.69 Å². The fraction of sp³-hybridized carbons (Fsp3) is 0.400. The Kier molecular flexibility index (Phi) is 3.45. The van der Waals surface area contributed by atoms with Crippen LogP contribution in [0.3, 0.4) is 0 Å². The summed E-state index contributed by atoms with van der Waals surface area (Å²) >= 11 is 0. The highest BCUT2D eigenvalue weighted by Crippen LogP contribution is 2.14. The number of rotatable bonds is 1. The van der Waals surface area contributed by atoms with Crippen molar-refractivity contribution < 1.29 is 4.74 Å². The molecule has 12 heavy (non-hydrogen) atoms. The summed E-state index contributed by atoms with van der Waals surface area (Å²) in [5, 5.41) is 0. The minimum Gasteiger partial charge on any atom is -0.497 e. The summed E-state index contributed by atoms with van der Waals surface area (Å²) < 4.78 is 4.91. The summed E-state index contributed by atoms with van der Waals surface area (Å²) in [5.41, 5.74) is 6.19. The molecular weight excluding hydrogens is 150 g/mol. The van der Waals surface area contributed by atoms with Crippen molar-refractivity contribution in [1.82, 2.24) is 0 Å². The Morgan fingerprint density at radius 3 is 1.92 bits per heavy atom. The molecule has 2 heteroatoms. The van der Waals surface area contributed by atoms with Crippen molar-refractivity contribution in [3.63, 3.8) is 0 Å². The predicted octanol–water partition coefficient (Wildman–Crippen LogP) is 2.45. The van der Waals surface area contributed by atoms with E-state index in [1.165, 1.54) is 19.3 Å². The van der Waals surface area contributed by atoms with E-state index < -0.39 is 0 Å². The number of nitrogens with two attached hydrogens (primary N) is 1. The molecule has 1 fully saturated rings. The van der Waals surface area contributed by atoms with Crippen molar-refractivity contribution >= 4 is 5.69 Å². The molecule has 0 unspecified atom stereocenters. The van der Waals surface area contributed by atoms with Crippen molar-refractivity contribution in [2.24, 2.45) is 0 Å². The first-order valence-electron chi connectivity index (χ1n) is 4.22. The number of methoxy groups -OCH3 is 1. The molecule has 1 aromatic carbocycles. The highest BCUT2D eigenvalue weighted by molar-refractivity contribution is 5.41. The van der Waals surface area contributed by atoms with Crippen LogP contribution in [0.2, 0.25) is 0 Å². The molecule has 0 saturated heterocycles. The molecular formula is C10H15NO. The van der Waals surface area contributed by atoms with Gasteiger partial charge in [-0.3, -0.25) is 0 Å². The molecule has 2 N–H and O–H groups in total. The molecule has 1 aliphatic rings. The Morgan fingerprint density at radius 1 is 1.08 bits per heavy atom. The Hall–Kier alpha value is -1.18. The lowest BCUT2D eigenvalue weighted by molar-refractivity contribution is 0.415. The normalized spacial score (nSPS) is 12.8. The third-order valence-corrected chi connectivity index (χ3v) is 1.47. The fourth-order valence-electron chi connectivity index (χ4n) is 0.604. The van der Waals surface area contributed by atoms with Crippen LogP contribution in [0.5, 0.6) is 5.75 Å². The summed E-state index contributed by atoms with van der Waals surface area (Å²) in [6.07, 6.45) is 4.50. The molecule has 0 aromatic heterocycles. The Labute approximate surface area is 73.3 Å². The molecule has 2 nitrogen and oxygen atoms in total. The summed E-state index contributed by atoms with van der Waals surface area (Å²) in [5.74, 6) is 0.837. The SMILES string of the molecule is C1CC1.COc1ccc(N)cc1. The average Bonchev–Trinajstić information content (AvgIpc) is 2.92. The van der Waals surface area contributed by atoms with Crippen LogP contribution in [-0.4, -0.2) is 7.11 Å². The van der Waals surface area contributed by atoms with Gasteiger partial charge in [-0.2, -0.15) is 0 Å². The van der Waals surface area contributed by atoms with Gasteiger partial charge in [0, 0.05) is 5.69 Å². The first-order chi connectivity index (χ1) is 5.83. The van der Waals surface area contributed by atoms with Gasteiger partial charge in [-0.1, -0.05) is 19.3 Å². The van der Waals surface area contributed by atoms with Crippen LogP contribution >= 0.6 is 0 Å². The molecule has 0 amide bonds. The molecule has 0 aliphatic heterocycles. The molecule has 66 valence electrons. The molecule has 1 aromatic rings. The molecule has 0 bridgehead atoms. The quantitative estimate of drug-likeness (QED) is 0.649. The monoisotopic (exact) mass is 165 g/mol. The lowest BCUT2D eigenvalue weighted by atomic mass is 10.3. The third-order valence-electron chi connectivity index (χ3n) is 1.47. The molecule has 0 atom stereocenters. The number of benzene rings is 1. The van der Waals surface area contributed by atoms with Crippen LogP contribution in [0.1, 0.15) is 19.3 Å². The Balaban J connectivity index is 0.000000200. The van der Waals surface area contributed by atoms with Gasteiger partial charge in [0.2, 0.25) is 0 Å². The zero-order chi connectivity index (χ0) is 8.81. The Bertz CT molecular complexity index is 213. The van der Waals surface area contributed by atoms with E-state index in [4.69, 9.17) is 10.5 Å². The van der Waals surface area contributed by atoms with Crippen LogP contribution in [0.15, 0.2) is 24.3 Å². The van der Waals surface area contributed by atoms with E-state index in [2.05, 4.69) is 0 Å². The smallest absolute Gasteiger partial charge is 0.119 e. The highest BCUT2D eigenvalue weighted by atomic mass is 16.5. The lowest BCUT2D eigenvalue weighted by Crippen LogP contribution is -1.84. The van der Waals surface area contributed by atoms with Crippen LogP contribution in [0.25, 0.3) is 0 Å². The maximum Gasteiger partial charge on any atom is 0.119 e. The van der Waals surface area contributed by atoms with Crippen molar-refractivity contribution in [3.05, 3.63) is 24.3 Å². The number of ether oxygens (including phenoxy) is 1. The van der Waals surface area contributed by atoms with E-state index in [-0.39, 0.29) is 0 Å². The second-order valence-electron chi connectivity index (χ2n) is 2.83. The molecule has 0 heterocycles. The van der Waals surface area contributed by atoms with E-state index >= 15 is 0 Å². The van der Waals surface area contributed by atoms with Gasteiger partial charge < -0.3 is 10.5 Å². The minimum atomic E-state index is 0.760. The first-order valence-corrected chi connectivity index (χ1v) is 4.22. The predicted molar refractivity (Wildman–Crippen MR) is 51.3 cm³/mol. The van der Waals surface area contributed by atoms with Crippen molar-refractivity contribution in [3.8, 4) is 5.75 Å². The van der Waals surface area contributed by atoms with Gasteiger partial charge in [0.15, 0.2) is 0 Å². The van der Waals surface area contributed by atoms with Gasteiger partial charge in [0.05, 0.1) is 7.11 Å². The zero-order valence-corrected chi connectivity index (χ0v) is 7.42. The van der Waals surface area contributed by atoms with Crippen LogP contribution in [0, 0.1) is 0 Å². The summed E-state index contributed by atoms with van der Waals surface area (Å²) in [4.78, 5) is 0. The maximum absolute atomic E-state index is 5.43. The second-order valence-corrected chi connectivity index (χ2v) is 2.83. The molecule has 1 saturated carbocycles. The molecule has 0 spiro atoms. The van der Waals surface area contributed by atoms with Gasteiger partial charge in [-0.05, 0) is 24.3 Å².